The summed E-state index contributed by atoms with van der Waals surface area (Å²) >= 11 is 15.6. The van der Waals surface area contributed by atoms with E-state index in [0.717, 1.165) is 22.9 Å². The number of hydroxylamine groups is 2. The van der Waals surface area contributed by atoms with E-state index in [2.05, 4.69) is 25.9 Å². The van der Waals surface area contributed by atoms with Crippen LogP contribution >= 0.6 is 39.1 Å². The molecule has 0 aromatic heterocycles. The summed E-state index contributed by atoms with van der Waals surface area (Å²) in [6.07, 6.45) is 1.48. The molecule has 1 aromatic rings. The van der Waals surface area contributed by atoms with Crippen LogP contribution in [-0.4, -0.2) is 29.3 Å². The Kier molecular flexibility index (Phi) is 5.78. The van der Waals surface area contributed by atoms with Gasteiger partial charge in [0.25, 0.3) is 0 Å². The molecule has 0 bridgehead atoms. The zero-order chi connectivity index (χ0) is 17.2. The summed E-state index contributed by atoms with van der Waals surface area (Å²) in [6, 6.07) is 3.63. The smallest absolute Gasteiger partial charge is 0.226 e. The average molecular weight is 423 g/mol. The minimum atomic E-state index is -0.698. The molecule has 1 heterocycles. The van der Waals surface area contributed by atoms with Gasteiger partial charge in [-0.15, -0.1) is 0 Å². The third-order valence-electron chi connectivity index (χ3n) is 3.22. The lowest BCUT2D eigenvalue weighted by Gasteiger charge is -2.36. The monoisotopic (exact) mass is 421 g/mol. The molecule has 6 nitrogen and oxygen atoms in total. The van der Waals surface area contributed by atoms with Crippen molar-refractivity contribution in [3.63, 3.8) is 0 Å². The highest BCUT2D eigenvalue weighted by atomic mass is 79.9. The standard InChI is InChI=1S/C14H18BrCl2N5O/c1-14(2)21-12(18)20-13(19)22(14)23-5-3-4-8-6-9(15)11(17)7-10(8)16/h6-7H,3-5H2,1-2H3,(H4,18,19,20,21). The van der Waals surface area contributed by atoms with Gasteiger partial charge in [-0.05, 0) is 60.3 Å². The van der Waals surface area contributed by atoms with E-state index >= 15 is 0 Å². The highest BCUT2D eigenvalue weighted by Crippen LogP contribution is 2.30. The average Bonchev–Trinajstić information content (AvgIpc) is 2.41. The molecule has 0 saturated heterocycles. The molecule has 0 aliphatic carbocycles. The molecule has 1 aromatic carbocycles. The predicted octanol–water partition coefficient (Wildman–Crippen LogP) is 3.30. The Balaban J connectivity index is 1.91. The summed E-state index contributed by atoms with van der Waals surface area (Å²) in [5.74, 6) is 0.333. The number of aliphatic imine (C=N–C) groups is 2. The van der Waals surface area contributed by atoms with Crippen LogP contribution in [0.1, 0.15) is 25.8 Å². The van der Waals surface area contributed by atoms with Crippen LogP contribution < -0.4 is 11.5 Å². The Hall–Kier alpha value is -1.02. The van der Waals surface area contributed by atoms with E-state index in [0.29, 0.717) is 16.7 Å². The molecule has 0 radical (unpaired) electrons. The molecule has 2 rings (SSSR count). The van der Waals surface area contributed by atoms with Crippen molar-refractivity contribution in [2.24, 2.45) is 21.5 Å². The largest absolute Gasteiger partial charge is 0.368 e. The van der Waals surface area contributed by atoms with Crippen LogP contribution in [0.15, 0.2) is 26.6 Å². The molecule has 1 aliphatic heterocycles. The van der Waals surface area contributed by atoms with Crippen LogP contribution in [0.5, 0.6) is 0 Å². The lowest BCUT2D eigenvalue weighted by molar-refractivity contribution is -0.157. The zero-order valence-electron chi connectivity index (χ0n) is 12.8. The Labute approximate surface area is 153 Å². The summed E-state index contributed by atoms with van der Waals surface area (Å²) < 4.78 is 0.817. The first-order valence-electron chi connectivity index (χ1n) is 6.97. The molecule has 23 heavy (non-hydrogen) atoms. The fraction of sp³-hybridized carbons (Fsp3) is 0.429. The Bertz CT molecular complexity index is 663. The van der Waals surface area contributed by atoms with E-state index < -0.39 is 5.66 Å². The van der Waals surface area contributed by atoms with E-state index in [9.17, 15) is 0 Å². The Morgan fingerprint density at radius 1 is 1.26 bits per heavy atom. The van der Waals surface area contributed by atoms with Gasteiger partial charge in [0.15, 0.2) is 5.66 Å². The van der Waals surface area contributed by atoms with Gasteiger partial charge in [0.2, 0.25) is 11.9 Å². The molecule has 0 fully saturated rings. The number of nitrogens with zero attached hydrogens (tertiary/aromatic N) is 3. The van der Waals surface area contributed by atoms with Crippen molar-refractivity contribution >= 4 is 51.1 Å². The van der Waals surface area contributed by atoms with E-state index in [1.807, 2.05) is 19.9 Å². The topological polar surface area (TPSA) is 89.2 Å². The summed E-state index contributed by atoms with van der Waals surface area (Å²) in [6.45, 7) is 4.12. The van der Waals surface area contributed by atoms with Crippen molar-refractivity contribution in [3.8, 4) is 0 Å². The lowest BCUT2D eigenvalue weighted by Crippen LogP contribution is -2.53. The molecule has 1 aliphatic rings. The Morgan fingerprint density at radius 3 is 2.61 bits per heavy atom. The number of benzene rings is 1. The molecular weight excluding hydrogens is 405 g/mol. The second-order valence-electron chi connectivity index (χ2n) is 5.52. The van der Waals surface area contributed by atoms with Gasteiger partial charge in [-0.3, -0.25) is 4.84 Å². The molecular formula is C14H18BrCl2N5O. The quantitative estimate of drug-likeness (QED) is 0.562. The van der Waals surface area contributed by atoms with Gasteiger partial charge in [0.05, 0.1) is 11.6 Å². The van der Waals surface area contributed by atoms with Crippen molar-refractivity contribution in [3.05, 3.63) is 32.2 Å². The third kappa shape index (κ3) is 4.50. The number of halogens is 3. The predicted molar refractivity (Wildman–Crippen MR) is 97.6 cm³/mol. The zero-order valence-corrected chi connectivity index (χ0v) is 15.9. The molecule has 9 heteroatoms. The number of aryl methyl sites for hydroxylation is 1. The van der Waals surface area contributed by atoms with Gasteiger partial charge in [0.1, 0.15) is 0 Å². The van der Waals surface area contributed by atoms with E-state index in [1.165, 1.54) is 5.06 Å². The Morgan fingerprint density at radius 2 is 1.96 bits per heavy atom. The van der Waals surface area contributed by atoms with Crippen molar-refractivity contribution in [2.45, 2.75) is 32.4 Å². The van der Waals surface area contributed by atoms with E-state index in [1.54, 1.807) is 6.07 Å². The number of nitrogens with two attached hydrogens (primary N) is 2. The molecule has 0 atom stereocenters. The van der Waals surface area contributed by atoms with Gasteiger partial charge >= 0.3 is 0 Å². The van der Waals surface area contributed by atoms with Gasteiger partial charge < -0.3 is 11.5 Å². The molecule has 4 N–H and O–H groups in total. The maximum absolute atomic E-state index is 6.19. The maximum Gasteiger partial charge on any atom is 0.226 e. The number of hydrogen-bond donors (Lipinski definition) is 2. The molecule has 126 valence electrons. The van der Waals surface area contributed by atoms with Crippen molar-refractivity contribution < 1.29 is 4.84 Å². The molecule has 0 unspecified atom stereocenters. The second kappa shape index (κ2) is 7.25. The highest BCUT2D eigenvalue weighted by molar-refractivity contribution is 9.10. The van der Waals surface area contributed by atoms with Crippen LogP contribution in [0, 0.1) is 0 Å². The second-order valence-corrected chi connectivity index (χ2v) is 7.19. The molecule has 0 amide bonds. The van der Waals surface area contributed by atoms with Crippen LogP contribution in [0.2, 0.25) is 10.0 Å². The van der Waals surface area contributed by atoms with Gasteiger partial charge in [-0.2, -0.15) is 10.1 Å². The molecule has 0 spiro atoms. The number of guanidine groups is 2. The molecule has 0 saturated carbocycles. The van der Waals surface area contributed by atoms with Gasteiger partial charge in [0, 0.05) is 9.50 Å². The van der Waals surface area contributed by atoms with Crippen molar-refractivity contribution in [2.75, 3.05) is 6.61 Å². The normalized spacial score (nSPS) is 17.0. The fourth-order valence-electron chi connectivity index (χ4n) is 2.19. The summed E-state index contributed by atoms with van der Waals surface area (Å²) in [5, 5.41) is 2.68. The van der Waals surface area contributed by atoms with Crippen LogP contribution in [0.4, 0.5) is 0 Å². The highest BCUT2D eigenvalue weighted by Gasteiger charge is 2.32. The number of hydrogen-bond acceptors (Lipinski definition) is 6. The first-order chi connectivity index (χ1) is 10.7. The van der Waals surface area contributed by atoms with Gasteiger partial charge in [-0.1, -0.05) is 23.2 Å². The minimum Gasteiger partial charge on any atom is -0.368 e. The lowest BCUT2D eigenvalue weighted by atomic mass is 10.1. The van der Waals surface area contributed by atoms with Gasteiger partial charge in [-0.25, -0.2) is 4.99 Å². The van der Waals surface area contributed by atoms with Crippen LogP contribution in [-0.2, 0) is 11.3 Å². The minimum absolute atomic E-state index is 0.144. The van der Waals surface area contributed by atoms with E-state index in [4.69, 9.17) is 39.5 Å². The van der Waals surface area contributed by atoms with Crippen LogP contribution in [0.25, 0.3) is 0 Å². The van der Waals surface area contributed by atoms with Crippen molar-refractivity contribution in [1.29, 1.82) is 0 Å². The SMILES string of the molecule is CC1(C)N=C(N)N=C(N)N1OCCCc1cc(Br)c(Cl)cc1Cl. The van der Waals surface area contributed by atoms with Crippen molar-refractivity contribution in [1.82, 2.24) is 5.06 Å². The summed E-state index contributed by atoms with van der Waals surface area (Å²) in [4.78, 5) is 13.8. The number of rotatable bonds is 5. The first-order valence-corrected chi connectivity index (χ1v) is 8.51. The van der Waals surface area contributed by atoms with E-state index in [-0.39, 0.29) is 11.9 Å². The fourth-order valence-corrected chi connectivity index (χ4v) is 3.06. The third-order valence-corrected chi connectivity index (χ3v) is 4.77. The first kappa shape index (κ1) is 18.3. The maximum atomic E-state index is 6.19. The summed E-state index contributed by atoms with van der Waals surface area (Å²) in [5.41, 5.74) is 11.8. The van der Waals surface area contributed by atoms with Crippen LogP contribution in [0.3, 0.4) is 0 Å². The summed E-state index contributed by atoms with van der Waals surface area (Å²) in [7, 11) is 0.